The summed E-state index contributed by atoms with van der Waals surface area (Å²) in [5.41, 5.74) is 0. The maximum absolute atomic E-state index is 12.1. The predicted molar refractivity (Wildman–Crippen MR) is 69.6 cm³/mol. The van der Waals surface area contributed by atoms with Gasteiger partial charge in [-0.2, -0.15) is 4.31 Å². The topological polar surface area (TPSA) is 71.5 Å². The van der Waals surface area contributed by atoms with Crippen molar-refractivity contribution in [1.29, 1.82) is 0 Å². The first-order chi connectivity index (χ1) is 8.23. The van der Waals surface area contributed by atoms with Gasteiger partial charge in [-0.25, -0.2) is 16.8 Å². The first-order valence-electron chi connectivity index (χ1n) is 5.28. The summed E-state index contributed by atoms with van der Waals surface area (Å²) in [6.07, 6.45) is 0. The summed E-state index contributed by atoms with van der Waals surface area (Å²) < 4.78 is 47.6. The van der Waals surface area contributed by atoms with Crippen molar-refractivity contribution in [3.8, 4) is 0 Å². The second-order valence-electron chi connectivity index (χ2n) is 3.50. The summed E-state index contributed by atoms with van der Waals surface area (Å²) >= 11 is 0. The molecule has 5 nitrogen and oxygen atoms in total. The molecule has 8 heteroatoms. The monoisotopic (exact) mass is 311 g/mol. The Morgan fingerprint density at radius 3 is 1.67 bits per heavy atom. The molecule has 0 saturated carbocycles. The Hall–Kier alpha value is -0.630. The van der Waals surface area contributed by atoms with Gasteiger partial charge in [0.05, 0.1) is 9.79 Å². The summed E-state index contributed by atoms with van der Waals surface area (Å²) in [7, 11) is -2.25. The molecular formula is C10H14ClNO4S2. The Labute approximate surface area is 112 Å². The van der Waals surface area contributed by atoms with Crippen molar-refractivity contribution < 1.29 is 16.8 Å². The average molecular weight is 312 g/mol. The van der Waals surface area contributed by atoms with Crippen molar-refractivity contribution in [3.63, 3.8) is 0 Å². The largest absolute Gasteiger partial charge is 0.261 e. The Morgan fingerprint density at radius 2 is 1.33 bits per heavy atom. The van der Waals surface area contributed by atoms with Crippen LogP contribution < -0.4 is 0 Å². The van der Waals surface area contributed by atoms with E-state index in [0.29, 0.717) is 13.1 Å². The smallest absolute Gasteiger partial charge is 0.207 e. The molecule has 1 aromatic rings. The van der Waals surface area contributed by atoms with Crippen LogP contribution in [0.1, 0.15) is 13.8 Å². The van der Waals surface area contributed by atoms with E-state index < -0.39 is 19.1 Å². The number of nitrogens with zero attached hydrogens (tertiary/aromatic N) is 1. The van der Waals surface area contributed by atoms with Gasteiger partial charge in [-0.1, -0.05) is 13.8 Å². The van der Waals surface area contributed by atoms with E-state index in [2.05, 4.69) is 0 Å². The van der Waals surface area contributed by atoms with Gasteiger partial charge in [0.2, 0.25) is 10.0 Å². The molecule has 18 heavy (non-hydrogen) atoms. The fourth-order valence-electron chi connectivity index (χ4n) is 1.49. The fourth-order valence-corrected chi connectivity index (χ4v) is 3.71. The zero-order valence-electron chi connectivity index (χ0n) is 10.00. The molecule has 1 aromatic carbocycles. The number of hydrogen-bond acceptors (Lipinski definition) is 4. The number of sulfonamides is 1. The molecule has 0 spiro atoms. The van der Waals surface area contributed by atoms with E-state index in [9.17, 15) is 16.8 Å². The van der Waals surface area contributed by atoms with Crippen LogP contribution in [0.2, 0.25) is 0 Å². The van der Waals surface area contributed by atoms with Crippen LogP contribution in [-0.4, -0.2) is 34.2 Å². The molecule has 0 atom stereocenters. The lowest BCUT2D eigenvalue weighted by molar-refractivity contribution is 0.445. The van der Waals surface area contributed by atoms with Crippen molar-refractivity contribution in [2.45, 2.75) is 23.6 Å². The van der Waals surface area contributed by atoms with Gasteiger partial charge in [0.25, 0.3) is 9.05 Å². The molecule has 0 heterocycles. The van der Waals surface area contributed by atoms with Crippen LogP contribution in [0, 0.1) is 0 Å². The SMILES string of the molecule is CCN(CC)S(=O)(=O)c1ccc(S(=O)(=O)Cl)cc1. The van der Waals surface area contributed by atoms with E-state index >= 15 is 0 Å². The molecule has 0 N–H and O–H groups in total. The summed E-state index contributed by atoms with van der Waals surface area (Å²) in [6, 6.07) is 4.84. The third-order valence-corrected chi connectivity index (χ3v) is 5.88. The molecular weight excluding hydrogens is 298 g/mol. The first-order valence-corrected chi connectivity index (χ1v) is 9.03. The van der Waals surface area contributed by atoms with Crippen molar-refractivity contribution in [1.82, 2.24) is 4.31 Å². The summed E-state index contributed by atoms with van der Waals surface area (Å²) in [6.45, 7) is 4.18. The normalized spacial score (nSPS) is 12.9. The van der Waals surface area contributed by atoms with E-state index in [1.54, 1.807) is 13.8 Å². The molecule has 0 fully saturated rings. The molecule has 102 valence electrons. The van der Waals surface area contributed by atoms with Crippen LogP contribution in [0.5, 0.6) is 0 Å². The van der Waals surface area contributed by atoms with Gasteiger partial charge in [-0.05, 0) is 24.3 Å². The number of halogens is 1. The number of hydrogen-bond donors (Lipinski definition) is 0. The maximum Gasteiger partial charge on any atom is 0.261 e. The van der Waals surface area contributed by atoms with Crippen LogP contribution >= 0.6 is 10.7 Å². The minimum Gasteiger partial charge on any atom is -0.207 e. The van der Waals surface area contributed by atoms with Crippen LogP contribution in [-0.2, 0) is 19.1 Å². The lowest BCUT2D eigenvalue weighted by Gasteiger charge is -2.18. The molecule has 0 unspecified atom stereocenters. The molecule has 0 amide bonds. The molecule has 0 radical (unpaired) electrons. The Morgan fingerprint density at radius 1 is 0.944 bits per heavy atom. The lowest BCUT2D eigenvalue weighted by atomic mass is 10.4. The van der Waals surface area contributed by atoms with E-state index in [4.69, 9.17) is 10.7 Å². The summed E-state index contributed by atoms with van der Waals surface area (Å²) in [5.74, 6) is 0. The highest BCUT2D eigenvalue weighted by atomic mass is 35.7. The zero-order valence-corrected chi connectivity index (χ0v) is 12.4. The van der Waals surface area contributed by atoms with E-state index in [0.717, 1.165) is 0 Å². The van der Waals surface area contributed by atoms with E-state index in [1.807, 2.05) is 0 Å². The number of rotatable bonds is 5. The predicted octanol–water partition coefficient (Wildman–Crippen LogP) is 1.64. The average Bonchev–Trinajstić information content (AvgIpc) is 2.29. The highest BCUT2D eigenvalue weighted by Crippen LogP contribution is 2.20. The maximum atomic E-state index is 12.1. The summed E-state index contributed by atoms with van der Waals surface area (Å²) in [4.78, 5) is -0.0714. The van der Waals surface area contributed by atoms with Crippen LogP contribution in [0.15, 0.2) is 34.1 Å². The van der Waals surface area contributed by atoms with Gasteiger partial charge in [0.1, 0.15) is 0 Å². The van der Waals surface area contributed by atoms with Crippen LogP contribution in [0.4, 0.5) is 0 Å². The molecule has 0 bridgehead atoms. The minimum absolute atomic E-state index is 0.0512. The molecule has 0 aliphatic carbocycles. The van der Waals surface area contributed by atoms with Gasteiger partial charge < -0.3 is 0 Å². The van der Waals surface area contributed by atoms with Crippen molar-refractivity contribution in [3.05, 3.63) is 24.3 Å². The molecule has 0 aliphatic rings. The van der Waals surface area contributed by atoms with Gasteiger partial charge in [-0.15, -0.1) is 0 Å². The Kier molecular flexibility index (Phi) is 4.77. The first kappa shape index (κ1) is 15.4. The summed E-state index contributed by atoms with van der Waals surface area (Å²) in [5, 5.41) is 0. The van der Waals surface area contributed by atoms with Crippen molar-refractivity contribution in [2.24, 2.45) is 0 Å². The minimum atomic E-state index is -3.83. The van der Waals surface area contributed by atoms with Gasteiger partial charge in [0, 0.05) is 23.8 Å². The quantitative estimate of drug-likeness (QED) is 0.775. The van der Waals surface area contributed by atoms with Crippen LogP contribution in [0.25, 0.3) is 0 Å². The van der Waals surface area contributed by atoms with E-state index in [1.165, 1.54) is 28.6 Å². The van der Waals surface area contributed by atoms with Gasteiger partial charge in [0.15, 0.2) is 0 Å². The highest BCUT2D eigenvalue weighted by molar-refractivity contribution is 8.13. The van der Waals surface area contributed by atoms with E-state index in [-0.39, 0.29) is 9.79 Å². The van der Waals surface area contributed by atoms with Gasteiger partial charge in [-0.3, -0.25) is 0 Å². The molecule has 0 saturated heterocycles. The lowest BCUT2D eigenvalue weighted by Crippen LogP contribution is -2.30. The van der Waals surface area contributed by atoms with Gasteiger partial charge >= 0.3 is 0 Å². The molecule has 1 rings (SSSR count). The Balaban J connectivity index is 3.21. The highest BCUT2D eigenvalue weighted by Gasteiger charge is 2.22. The second kappa shape index (κ2) is 5.56. The third-order valence-electron chi connectivity index (χ3n) is 2.45. The zero-order chi connectivity index (χ0) is 14.0. The van der Waals surface area contributed by atoms with Crippen molar-refractivity contribution >= 4 is 29.8 Å². The molecule has 0 aliphatic heterocycles. The van der Waals surface area contributed by atoms with Crippen LogP contribution in [0.3, 0.4) is 0 Å². The third kappa shape index (κ3) is 3.23. The fraction of sp³-hybridized carbons (Fsp3) is 0.400. The second-order valence-corrected chi connectivity index (χ2v) is 8.00. The molecule has 0 aromatic heterocycles. The number of benzene rings is 1. The van der Waals surface area contributed by atoms with Crippen molar-refractivity contribution in [2.75, 3.05) is 13.1 Å². The standard InChI is InChI=1S/C10H14ClNO4S2/c1-3-12(4-2)18(15,16)10-7-5-9(6-8-10)17(11,13)14/h5-8H,3-4H2,1-2H3. The Bertz CT molecular complexity index is 604.